The molecule has 0 atom stereocenters. The van der Waals surface area contributed by atoms with Crippen LogP contribution in [0, 0.1) is 5.82 Å². The van der Waals surface area contributed by atoms with Gasteiger partial charge in [0.25, 0.3) is 0 Å². The Morgan fingerprint density at radius 3 is 2.64 bits per heavy atom. The van der Waals surface area contributed by atoms with Gasteiger partial charge in [-0.05, 0) is 17.7 Å². The van der Waals surface area contributed by atoms with E-state index in [1.807, 2.05) is 0 Å². The van der Waals surface area contributed by atoms with Gasteiger partial charge in [-0.25, -0.2) is 4.39 Å². The van der Waals surface area contributed by atoms with Crippen LogP contribution in [0.1, 0.15) is 5.56 Å². The molecule has 0 aliphatic rings. The predicted octanol–water partition coefficient (Wildman–Crippen LogP) is 3.98. The summed E-state index contributed by atoms with van der Waals surface area (Å²) in [6, 6.07) is 2.81. The van der Waals surface area contributed by atoms with Crippen molar-refractivity contribution in [3.05, 3.63) is 33.0 Å². The second-order valence-electron chi connectivity index (χ2n) is 1.99. The maximum atomic E-state index is 12.7. The Labute approximate surface area is 82.4 Å². The molecule has 0 amide bonds. The molecule has 0 aliphatic heterocycles. The average Bonchev–Trinajstić information content (AvgIpc) is 1.97. The highest BCUT2D eigenvalue weighted by molar-refractivity contribution is 9.10. The third-order valence-corrected chi connectivity index (χ3v) is 2.55. The first-order valence-electron chi connectivity index (χ1n) is 2.84. The molecule has 1 aromatic rings. The van der Waals surface area contributed by atoms with E-state index in [4.69, 9.17) is 23.2 Å². The Morgan fingerprint density at radius 2 is 2.09 bits per heavy atom. The van der Waals surface area contributed by atoms with E-state index in [2.05, 4.69) is 15.9 Å². The van der Waals surface area contributed by atoms with Gasteiger partial charge >= 0.3 is 0 Å². The van der Waals surface area contributed by atoms with E-state index in [1.165, 1.54) is 12.1 Å². The molecule has 1 aromatic carbocycles. The summed E-state index contributed by atoms with van der Waals surface area (Å²) in [5, 5.41) is 0.103. The minimum absolute atomic E-state index is 0.103. The molecule has 0 spiro atoms. The van der Waals surface area contributed by atoms with Crippen molar-refractivity contribution in [2.24, 2.45) is 0 Å². The van der Waals surface area contributed by atoms with E-state index in [0.29, 0.717) is 5.56 Å². The van der Waals surface area contributed by atoms with Gasteiger partial charge in [0.2, 0.25) is 0 Å². The fraction of sp³-hybridized carbons (Fsp3) is 0.143. The molecule has 0 aromatic heterocycles. The Hall–Kier alpha value is 0.210. The van der Waals surface area contributed by atoms with E-state index in [9.17, 15) is 4.39 Å². The van der Waals surface area contributed by atoms with Crippen LogP contribution in [0.5, 0.6) is 0 Å². The number of hydrogen-bond acceptors (Lipinski definition) is 0. The standard InChI is InChI=1S/C7H4BrCl2F/c8-5-2-6(10)7(11)1-4(5)3-9/h1-2H,3H2. The Kier molecular flexibility index (Phi) is 3.16. The molecule has 0 unspecified atom stereocenters. The van der Waals surface area contributed by atoms with Crippen molar-refractivity contribution < 1.29 is 4.39 Å². The first-order valence-corrected chi connectivity index (χ1v) is 4.55. The summed E-state index contributed by atoms with van der Waals surface area (Å²) in [6.07, 6.45) is 0. The quantitative estimate of drug-likeness (QED) is 0.527. The number of rotatable bonds is 1. The summed E-state index contributed by atoms with van der Waals surface area (Å²) in [7, 11) is 0. The molecule has 0 radical (unpaired) electrons. The summed E-state index contributed by atoms with van der Waals surface area (Å²) in [5.41, 5.74) is 0.702. The van der Waals surface area contributed by atoms with Crippen LogP contribution in [0.3, 0.4) is 0 Å². The van der Waals surface area contributed by atoms with Crippen molar-refractivity contribution >= 4 is 39.1 Å². The molecule has 0 aliphatic carbocycles. The molecular weight excluding hydrogens is 254 g/mol. The molecule has 0 heterocycles. The Bertz CT molecular complexity index is 275. The van der Waals surface area contributed by atoms with Crippen molar-refractivity contribution in [3.8, 4) is 0 Å². The number of benzene rings is 1. The van der Waals surface area contributed by atoms with Gasteiger partial charge in [0.05, 0.1) is 5.02 Å². The summed E-state index contributed by atoms with van der Waals surface area (Å²) in [5.74, 6) is -0.167. The first kappa shape index (κ1) is 9.30. The van der Waals surface area contributed by atoms with Gasteiger partial charge in [0, 0.05) is 10.4 Å². The van der Waals surface area contributed by atoms with E-state index < -0.39 is 5.82 Å². The van der Waals surface area contributed by atoms with E-state index in [1.54, 1.807) is 0 Å². The van der Waals surface area contributed by atoms with Crippen molar-refractivity contribution in [2.45, 2.75) is 5.88 Å². The molecular formula is C7H4BrCl2F. The minimum atomic E-state index is -0.439. The molecule has 60 valence electrons. The van der Waals surface area contributed by atoms with Gasteiger partial charge in [0.15, 0.2) is 0 Å². The van der Waals surface area contributed by atoms with Gasteiger partial charge in [-0.2, -0.15) is 0 Å². The molecule has 0 N–H and O–H groups in total. The van der Waals surface area contributed by atoms with E-state index in [-0.39, 0.29) is 10.9 Å². The SMILES string of the molecule is Fc1cc(CCl)c(Br)cc1Cl. The second kappa shape index (κ2) is 3.74. The molecule has 0 nitrogen and oxygen atoms in total. The zero-order valence-electron chi connectivity index (χ0n) is 5.37. The molecule has 0 bridgehead atoms. The lowest BCUT2D eigenvalue weighted by Crippen LogP contribution is -1.84. The monoisotopic (exact) mass is 256 g/mol. The number of hydrogen-bond donors (Lipinski definition) is 0. The maximum Gasteiger partial charge on any atom is 0.142 e. The molecule has 0 fully saturated rings. The lowest BCUT2D eigenvalue weighted by atomic mass is 10.2. The normalized spacial score (nSPS) is 10.2. The average molecular weight is 258 g/mol. The highest BCUT2D eigenvalue weighted by atomic mass is 79.9. The van der Waals surface area contributed by atoms with Gasteiger partial charge < -0.3 is 0 Å². The van der Waals surface area contributed by atoms with Gasteiger partial charge in [-0.1, -0.05) is 27.5 Å². The van der Waals surface area contributed by atoms with Crippen LogP contribution < -0.4 is 0 Å². The van der Waals surface area contributed by atoms with E-state index >= 15 is 0 Å². The highest BCUT2D eigenvalue weighted by Gasteiger charge is 2.04. The maximum absolute atomic E-state index is 12.7. The summed E-state index contributed by atoms with van der Waals surface area (Å²) >= 11 is 14.2. The number of halogens is 4. The predicted molar refractivity (Wildman–Crippen MR) is 48.7 cm³/mol. The topological polar surface area (TPSA) is 0 Å². The summed E-state index contributed by atoms with van der Waals surface area (Å²) in [4.78, 5) is 0. The summed E-state index contributed by atoms with van der Waals surface area (Å²) in [6.45, 7) is 0. The van der Waals surface area contributed by atoms with Crippen LogP contribution in [0.25, 0.3) is 0 Å². The Balaban J connectivity index is 3.21. The Morgan fingerprint density at radius 1 is 1.45 bits per heavy atom. The highest BCUT2D eigenvalue weighted by Crippen LogP contribution is 2.25. The van der Waals surface area contributed by atoms with Crippen LogP contribution >= 0.6 is 39.1 Å². The van der Waals surface area contributed by atoms with Crippen LogP contribution in [0.2, 0.25) is 5.02 Å². The zero-order chi connectivity index (χ0) is 8.43. The van der Waals surface area contributed by atoms with Crippen molar-refractivity contribution in [2.75, 3.05) is 0 Å². The molecule has 11 heavy (non-hydrogen) atoms. The molecule has 4 heteroatoms. The van der Waals surface area contributed by atoms with Gasteiger partial charge in [-0.3, -0.25) is 0 Å². The smallest absolute Gasteiger partial charge is 0.142 e. The zero-order valence-corrected chi connectivity index (χ0v) is 8.47. The minimum Gasteiger partial charge on any atom is -0.205 e. The van der Waals surface area contributed by atoms with Crippen molar-refractivity contribution in [1.29, 1.82) is 0 Å². The van der Waals surface area contributed by atoms with Crippen molar-refractivity contribution in [1.82, 2.24) is 0 Å². The van der Waals surface area contributed by atoms with Crippen molar-refractivity contribution in [3.63, 3.8) is 0 Å². The van der Waals surface area contributed by atoms with Crippen LogP contribution in [-0.4, -0.2) is 0 Å². The van der Waals surface area contributed by atoms with E-state index in [0.717, 1.165) is 4.47 Å². The third kappa shape index (κ3) is 2.08. The third-order valence-electron chi connectivity index (χ3n) is 1.23. The summed E-state index contributed by atoms with van der Waals surface area (Å²) < 4.78 is 13.5. The molecule has 0 saturated carbocycles. The largest absolute Gasteiger partial charge is 0.205 e. The first-order chi connectivity index (χ1) is 5.15. The van der Waals surface area contributed by atoms with Gasteiger partial charge in [0.1, 0.15) is 5.82 Å². The van der Waals surface area contributed by atoms with Crippen LogP contribution in [0.4, 0.5) is 4.39 Å². The lowest BCUT2D eigenvalue weighted by molar-refractivity contribution is 0.626. The fourth-order valence-corrected chi connectivity index (χ4v) is 1.83. The van der Waals surface area contributed by atoms with Crippen LogP contribution in [0.15, 0.2) is 16.6 Å². The molecule has 0 saturated heterocycles. The van der Waals surface area contributed by atoms with Crippen LogP contribution in [-0.2, 0) is 5.88 Å². The molecule has 1 rings (SSSR count). The van der Waals surface area contributed by atoms with Gasteiger partial charge in [-0.15, -0.1) is 11.6 Å². The second-order valence-corrected chi connectivity index (χ2v) is 3.52. The fourth-order valence-electron chi connectivity index (χ4n) is 0.666. The lowest BCUT2D eigenvalue weighted by Gasteiger charge is -2.00. The number of alkyl halides is 1.